The van der Waals surface area contributed by atoms with E-state index in [1.54, 1.807) is 46.1 Å². The van der Waals surface area contributed by atoms with Gasteiger partial charge in [0.05, 0.1) is 0 Å². The molecule has 0 aliphatic carbocycles. The zero-order chi connectivity index (χ0) is 16.3. The second kappa shape index (κ2) is 5.97. The smallest absolute Gasteiger partial charge is 0.357 e. The molecule has 0 aromatic carbocycles. The molecule has 0 fully saturated rings. The van der Waals surface area contributed by atoms with Gasteiger partial charge >= 0.3 is 5.97 Å². The number of hydrogen-bond donors (Lipinski definition) is 1. The van der Waals surface area contributed by atoms with Crippen LogP contribution in [0.15, 0.2) is 30.6 Å². The molecule has 0 saturated carbocycles. The number of carbonyl (C=O) groups excluding carboxylic acids is 2. The molecule has 0 unspecified atom stereocenters. The molecule has 0 aliphatic rings. The van der Waals surface area contributed by atoms with Crippen LogP contribution in [0.4, 0.5) is 5.69 Å². The molecule has 116 valence electrons. The van der Waals surface area contributed by atoms with Crippen molar-refractivity contribution in [3.8, 4) is 0 Å². The molecule has 0 aliphatic heterocycles. The van der Waals surface area contributed by atoms with Crippen LogP contribution in [0.5, 0.6) is 0 Å². The van der Waals surface area contributed by atoms with Gasteiger partial charge in [-0.3, -0.25) is 9.48 Å². The zero-order valence-electron chi connectivity index (χ0n) is 13.0. The van der Waals surface area contributed by atoms with Gasteiger partial charge in [0.25, 0.3) is 5.91 Å². The standard InChI is InChI=1S/C15H18N4O3/c1-15(2,3)22-14(21)12-9-10(5-7-16-12)17-13(20)11-6-8-19(4)18-11/h5-9H,1-4H3,(H,16,17,20). The molecule has 0 saturated heterocycles. The molecule has 0 bridgehead atoms. The first-order chi connectivity index (χ1) is 10.2. The SMILES string of the molecule is Cn1ccc(C(=O)Nc2ccnc(C(=O)OC(C)(C)C)c2)n1. The maximum absolute atomic E-state index is 12.0. The third kappa shape index (κ3) is 4.15. The average molecular weight is 302 g/mol. The summed E-state index contributed by atoms with van der Waals surface area (Å²) in [4.78, 5) is 27.9. The molecule has 2 rings (SSSR count). The number of aryl methyl sites for hydroxylation is 1. The van der Waals surface area contributed by atoms with Gasteiger partial charge in [0.2, 0.25) is 0 Å². The van der Waals surface area contributed by atoms with Crippen molar-refractivity contribution >= 4 is 17.6 Å². The van der Waals surface area contributed by atoms with Crippen LogP contribution >= 0.6 is 0 Å². The summed E-state index contributed by atoms with van der Waals surface area (Å²) in [5.74, 6) is -0.900. The molecule has 22 heavy (non-hydrogen) atoms. The molecule has 2 aromatic heterocycles. The van der Waals surface area contributed by atoms with Gasteiger partial charge in [-0.25, -0.2) is 9.78 Å². The molecule has 1 amide bonds. The summed E-state index contributed by atoms with van der Waals surface area (Å²) in [6.07, 6.45) is 3.11. The van der Waals surface area contributed by atoms with E-state index >= 15 is 0 Å². The monoisotopic (exact) mass is 302 g/mol. The van der Waals surface area contributed by atoms with E-state index < -0.39 is 11.6 Å². The number of aromatic nitrogens is 3. The van der Waals surface area contributed by atoms with Crippen molar-refractivity contribution in [1.29, 1.82) is 0 Å². The highest BCUT2D eigenvalue weighted by Gasteiger charge is 2.19. The predicted octanol–water partition coefficient (Wildman–Crippen LogP) is 2.02. The number of amides is 1. The third-order valence-electron chi connectivity index (χ3n) is 2.57. The van der Waals surface area contributed by atoms with Crippen LogP contribution in [0.25, 0.3) is 0 Å². The number of nitrogens with one attached hydrogen (secondary N) is 1. The van der Waals surface area contributed by atoms with Crippen molar-refractivity contribution in [1.82, 2.24) is 14.8 Å². The van der Waals surface area contributed by atoms with Gasteiger partial charge in [-0.1, -0.05) is 0 Å². The molecule has 1 N–H and O–H groups in total. The second-order valence-corrected chi connectivity index (χ2v) is 5.76. The molecule has 2 heterocycles. The first-order valence-electron chi connectivity index (χ1n) is 6.75. The summed E-state index contributed by atoms with van der Waals surface area (Å²) < 4.78 is 6.78. The zero-order valence-corrected chi connectivity index (χ0v) is 13.0. The molecule has 0 atom stereocenters. The minimum Gasteiger partial charge on any atom is -0.455 e. The third-order valence-corrected chi connectivity index (χ3v) is 2.57. The number of pyridine rings is 1. The van der Waals surface area contributed by atoms with Crippen LogP contribution in [-0.4, -0.2) is 32.2 Å². The van der Waals surface area contributed by atoms with E-state index in [4.69, 9.17) is 4.74 Å². The average Bonchev–Trinajstić information content (AvgIpc) is 2.84. The fraction of sp³-hybridized carbons (Fsp3) is 0.333. The molecule has 2 aromatic rings. The Morgan fingerprint density at radius 1 is 1.23 bits per heavy atom. The van der Waals surface area contributed by atoms with Gasteiger partial charge < -0.3 is 10.1 Å². The highest BCUT2D eigenvalue weighted by Crippen LogP contribution is 2.14. The topological polar surface area (TPSA) is 86.1 Å². The summed E-state index contributed by atoms with van der Waals surface area (Å²) in [5, 5.41) is 6.68. The predicted molar refractivity (Wildman–Crippen MR) is 80.6 cm³/mol. The van der Waals surface area contributed by atoms with Crippen LogP contribution in [0.3, 0.4) is 0 Å². The summed E-state index contributed by atoms with van der Waals surface area (Å²) in [5.41, 5.74) is 0.268. The van der Waals surface area contributed by atoms with Crippen LogP contribution < -0.4 is 5.32 Å². The van der Waals surface area contributed by atoms with Crippen molar-refractivity contribution < 1.29 is 14.3 Å². The largest absolute Gasteiger partial charge is 0.455 e. The fourth-order valence-corrected chi connectivity index (χ4v) is 1.68. The number of carbonyl (C=O) groups is 2. The van der Waals surface area contributed by atoms with Crippen molar-refractivity contribution in [2.75, 3.05) is 5.32 Å². The molecule has 7 heteroatoms. The normalized spacial score (nSPS) is 11.1. The maximum atomic E-state index is 12.0. The summed E-state index contributed by atoms with van der Waals surface area (Å²) >= 11 is 0. The van der Waals surface area contributed by atoms with E-state index in [1.165, 1.54) is 16.9 Å². The summed E-state index contributed by atoms with van der Waals surface area (Å²) in [6.45, 7) is 5.33. The Bertz CT molecular complexity index is 701. The number of rotatable bonds is 3. The Labute approximate surface area is 128 Å². The summed E-state index contributed by atoms with van der Waals surface area (Å²) in [6, 6.07) is 4.66. The van der Waals surface area contributed by atoms with Crippen LogP contribution in [0.1, 0.15) is 41.7 Å². The Kier molecular flexibility index (Phi) is 4.25. The molecule has 7 nitrogen and oxygen atoms in total. The van der Waals surface area contributed by atoms with E-state index in [0.29, 0.717) is 5.69 Å². The van der Waals surface area contributed by atoms with E-state index in [2.05, 4.69) is 15.4 Å². The van der Waals surface area contributed by atoms with Gasteiger partial charge in [0.1, 0.15) is 11.3 Å². The van der Waals surface area contributed by atoms with Gasteiger partial charge in [-0.2, -0.15) is 5.10 Å². The highest BCUT2D eigenvalue weighted by molar-refractivity contribution is 6.03. The molecule has 0 spiro atoms. The Hall–Kier alpha value is -2.70. The lowest BCUT2D eigenvalue weighted by molar-refractivity contribution is 0.00627. The lowest BCUT2D eigenvalue weighted by Crippen LogP contribution is -2.24. The van der Waals surface area contributed by atoms with Gasteiger partial charge in [-0.15, -0.1) is 0 Å². The van der Waals surface area contributed by atoms with Crippen molar-refractivity contribution in [2.45, 2.75) is 26.4 Å². The quantitative estimate of drug-likeness (QED) is 0.877. The first kappa shape index (κ1) is 15.7. The molecular weight excluding hydrogens is 284 g/mol. The summed E-state index contributed by atoms with van der Waals surface area (Å²) in [7, 11) is 1.73. The van der Waals surface area contributed by atoms with Crippen LogP contribution in [0.2, 0.25) is 0 Å². The number of hydrogen-bond acceptors (Lipinski definition) is 5. The van der Waals surface area contributed by atoms with Crippen molar-refractivity contribution in [2.24, 2.45) is 7.05 Å². The fourth-order valence-electron chi connectivity index (χ4n) is 1.68. The van der Waals surface area contributed by atoms with Gasteiger partial charge in [0.15, 0.2) is 5.69 Å². The first-order valence-corrected chi connectivity index (χ1v) is 6.75. The van der Waals surface area contributed by atoms with Gasteiger partial charge in [0, 0.05) is 25.1 Å². The van der Waals surface area contributed by atoms with E-state index in [-0.39, 0.29) is 17.3 Å². The number of anilines is 1. The van der Waals surface area contributed by atoms with E-state index in [1.807, 2.05) is 0 Å². The van der Waals surface area contributed by atoms with E-state index in [9.17, 15) is 9.59 Å². The van der Waals surface area contributed by atoms with Gasteiger partial charge in [-0.05, 0) is 39.0 Å². The van der Waals surface area contributed by atoms with Crippen molar-refractivity contribution in [3.63, 3.8) is 0 Å². The highest BCUT2D eigenvalue weighted by atomic mass is 16.6. The second-order valence-electron chi connectivity index (χ2n) is 5.76. The van der Waals surface area contributed by atoms with Crippen LogP contribution in [-0.2, 0) is 11.8 Å². The minimum atomic E-state index is -0.605. The lowest BCUT2D eigenvalue weighted by Gasteiger charge is -2.19. The van der Waals surface area contributed by atoms with Crippen LogP contribution in [0, 0.1) is 0 Å². The Morgan fingerprint density at radius 2 is 1.95 bits per heavy atom. The minimum absolute atomic E-state index is 0.133. The molecular formula is C15H18N4O3. The number of nitrogens with zero attached hydrogens (tertiary/aromatic N) is 3. The Morgan fingerprint density at radius 3 is 2.55 bits per heavy atom. The molecule has 0 radical (unpaired) electrons. The number of ether oxygens (including phenoxy) is 1. The Balaban J connectivity index is 2.11. The number of esters is 1. The van der Waals surface area contributed by atoms with E-state index in [0.717, 1.165) is 0 Å². The lowest BCUT2D eigenvalue weighted by atomic mass is 10.2. The van der Waals surface area contributed by atoms with Crippen molar-refractivity contribution in [3.05, 3.63) is 42.0 Å². The maximum Gasteiger partial charge on any atom is 0.357 e.